The maximum absolute atomic E-state index is 14.0. The highest BCUT2D eigenvalue weighted by Gasteiger charge is 2.56. The first-order chi connectivity index (χ1) is 18.0. The van der Waals surface area contributed by atoms with Gasteiger partial charge < -0.3 is 0 Å². The molecule has 38 heavy (non-hydrogen) atoms. The van der Waals surface area contributed by atoms with Crippen molar-refractivity contribution in [2.24, 2.45) is 23.2 Å². The summed E-state index contributed by atoms with van der Waals surface area (Å²) in [7, 11) is -4.93. The van der Waals surface area contributed by atoms with Crippen LogP contribution in [-0.2, 0) is 20.7 Å². The number of benzene rings is 3. The fraction of sp³-hybridized carbons (Fsp3) is 0.433. The third-order valence-corrected chi connectivity index (χ3v) is 10.8. The van der Waals surface area contributed by atoms with E-state index in [0.29, 0.717) is 18.3 Å². The Bertz CT molecular complexity index is 1520. The normalized spacial score (nSPS) is 28.9. The van der Waals surface area contributed by atoms with E-state index < -0.39 is 21.4 Å². The molecular formula is C30H29F3O4S. The van der Waals surface area contributed by atoms with Gasteiger partial charge in [-0.05, 0) is 95.7 Å². The van der Waals surface area contributed by atoms with Gasteiger partial charge >= 0.3 is 16.5 Å². The molecule has 0 bridgehead atoms. The highest BCUT2D eigenvalue weighted by atomic mass is 32.2. The molecule has 0 amide bonds. The van der Waals surface area contributed by atoms with Gasteiger partial charge in [-0.3, -0.25) is 4.79 Å². The predicted molar refractivity (Wildman–Crippen MR) is 137 cm³/mol. The molecule has 0 aliphatic heterocycles. The largest absolute Gasteiger partial charge is 0.537 e. The minimum absolute atomic E-state index is 0.0484. The SMILES string of the molecule is C[C@]12CC[C@@H]3c4ccc(S(=O)(=O)OC(F)(F)F)cc4CC[C@H]3[C@@H]1CC[C@@H]2C(=O)c1cccc2ccccc12. The molecule has 3 aliphatic carbocycles. The van der Waals surface area contributed by atoms with Crippen LogP contribution in [0.2, 0.25) is 0 Å². The van der Waals surface area contributed by atoms with Crippen LogP contribution in [0.25, 0.3) is 10.8 Å². The molecule has 0 saturated heterocycles. The number of aryl methyl sites for hydroxylation is 1. The lowest BCUT2D eigenvalue weighted by atomic mass is 9.53. The van der Waals surface area contributed by atoms with Crippen molar-refractivity contribution in [2.75, 3.05) is 0 Å². The fourth-order valence-corrected chi connectivity index (χ4v) is 8.81. The summed E-state index contributed by atoms with van der Waals surface area (Å²) >= 11 is 0. The molecule has 0 spiro atoms. The number of carbonyl (C=O) groups excluding carboxylic acids is 1. The summed E-state index contributed by atoms with van der Waals surface area (Å²) in [5.41, 5.74) is 2.48. The van der Waals surface area contributed by atoms with Gasteiger partial charge in [-0.2, -0.15) is 12.6 Å². The van der Waals surface area contributed by atoms with Gasteiger partial charge in [-0.25, -0.2) is 0 Å². The van der Waals surface area contributed by atoms with Gasteiger partial charge in [0.15, 0.2) is 5.78 Å². The number of ketones is 1. The number of carbonyl (C=O) groups is 1. The molecule has 3 aromatic carbocycles. The Labute approximate surface area is 220 Å². The molecule has 3 aromatic rings. The molecule has 2 fully saturated rings. The number of alkyl halides is 3. The van der Waals surface area contributed by atoms with Crippen LogP contribution >= 0.6 is 0 Å². The fourth-order valence-electron chi connectivity index (χ4n) is 7.95. The molecule has 200 valence electrons. The molecule has 0 unspecified atom stereocenters. The van der Waals surface area contributed by atoms with E-state index in [1.54, 1.807) is 6.07 Å². The molecular weight excluding hydrogens is 513 g/mol. The van der Waals surface area contributed by atoms with Crippen LogP contribution in [0.3, 0.4) is 0 Å². The summed E-state index contributed by atoms with van der Waals surface area (Å²) in [6.07, 6.45) is -0.260. The van der Waals surface area contributed by atoms with Gasteiger partial charge in [0.2, 0.25) is 0 Å². The average Bonchev–Trinajstić information content (AvgIpc) is 3.23. The highest BCUT2D eigenvalue weighted by Crippen LogP contribution is 2.63. The summed E-state index contributed by atoms with van der Waals surface area (Å²) in [6.45, 7) is 2.27. The lowest BCUT2D eigenvalue weighted by Gasteiger charge is -2.50. The molecule has 2 saturated carbocycles. The number of halogens is 3. The van der Waals surface area contributed by atoms with Crippen LogP contribution in [0, 0.1) is 23.2 Å². The number of hydrogen-bond donors (Lipinski definition) is 0. The van der Waals surface area contributed by atoms with Gasteiger partial charge in [0.25, 0.3) is 0 Å². The van der Waals surface area contributed by atoms with E-state index in [4.69, 9.17) is 0 Å². The summed E-state index contributed by atoms with van der Waals surface area (Å²) in [5.74, 6) is 1.12. The van der Waals surface area contributed by atoms with Crippen molar-refractivity contribution in [1.29, 1.82) is 0 Å². The van der Waals surface area contributed by atoms with E-state index in [-0.39, 0.29) is 23.0 Å². The second-order valence-corrected chi connectivity index (χ2v) is 12.9. The standard InChI is InChI=1S/C30H29F3O4S/c1-29-16-15-23-22-12-10-20(38(35,36)37-30(31,32)33)17-19(22)9-11-24(23)26(29)13-14-27(29)28(34)25-8-4-6-18-5-2-3-7-21(18)25/h2-8,10,12,17,23-24,26-27H,9,11,13-16H2,1H3/t23-,24-,26+,27-,29+/m1/s1. The maximum Gasteiger partial charge on any atom is 0.537 e. The third-order valence-electron chi connectivity index (χ3n) is 9.56. The van der Waals surface area contributed by atoms with Gasteiger partial charge in [0.05, 0.1) is 4.90 Å². The van der Waals surface area contributed by atoms with Crippen LogP contribution < -0.4 is 0 Å². The Balaban J connectivity index is 1.27. The second kappa shape index (κ2) is 8.91. The maximum atomic E-state index is 14.0. The summed E-state index contributed by atoms with van der Waals surface area (Å²) < 4.78 is 65.5. The van der Waals surface area contributed by atoms with E-state index in [0.717, 1.165) is 59.6 Å². The number of rotatable bonds is 4. The highest BCUT2D eigenvalue weighted by molar-refractivity contribution is 7.86. The number of Topliss-reactive ketones (excluding diaryl/α,β-unsaturated/α-hetero) is 1. The molecule has 0 N–H and O–H groups in total. The molecule has 6 rings (SSSR count). The Hall–Kier alpha value is -2.71. The Morgan fingerprint density at radius 3 is 2.53 bits per heavy atom. The number of fused-ring (bicyclic) bond motifs is 6. The zero-order chi connectivity index (χ0) is 26.9. The van der Waals surface area contributed by atoms with Crippen molar-refractivity contribution < 1.29 is 30.6 Å². The predicted octanol–water partition coefficient (Wildman–Crippen LogP) is 7.42. The van der Waals surface area contributed by atoms with Crippen LogP contribution in [0.15, 0.2) is 65.6 Å². The van der Waals surface area contributed by atoms with Gasteiger partial charge in [-0.15, -0.1) is 13.2 Å². The van der Waals surface area contributed by atoms with Crippen molar-refractivity contribution in [2.45, 2.75) is 62.6 Å². The monoisotopic (exact) mass is 542 g/mol. The molecule has 3 aliphatic rings. The van der Waals surface area contributed by atoms with E-state index in [1.807, 2.05) is 42.5 Å². The molecule has 0 heterocycles. The first-order valence-corrected chi connectivity index (χ1v) is 14.6. The van der Waals surface area contributed by atoms with Crippen LogP contribution in [0.4, 0.5) is 13.2 Å². The lowest BCUT2D eigenvalue weighted by molar-refractivity contribution is -0.271. The molecule has 5 atom stereocenters. The van der Waals surface area contributed by atoms with E-state index in [1.165, 1.54) is 12.1 Å². The minimum atomic E-state index is -5.27. The Morgan fingerprint density at radius 2 is 1.74 bits per heavy atom. The average molecular weight is 543 g/mol. The van der Waals surface area contributed by atoms with Crippen molar-refractivity contribution in [3.63, 3.8) is 0 Å². The zero-order valence-electron chi connectivity index (χ0n) is 21.0. The molecule has 4 nitrogen and oxygen atoms in total. The summed E-state index contributed by atoms with van der Waals surface area (Å²) in [6, 6.07) is 18.2. The van der Waals surface area contributed by atoms with Gasteiger partial charge in [0.1, 0.15) is 0 Å². The van der Waals surface area contributed by atoms with Crippen molar-refractivity contribution in [3.05, 3.63) is 77.4 Å². The molecule has 0 aromatic heterocycles. The van der Waals surface area contributed by atoms with Gasteiger partial charge in [-0.1, -0.05) is 55.5 Å². The topological polar surface area (TPSA) is 60.4 Å². The number of hydrogen-bond acceptors (Lipinski definition) is 4. The Morgan fingerprint density at radius 1 is 0.974 bits per heavy atom. The minimum Gasteiger partial charge on any atom is -0.294 e. The van der Waals surface area contributed by atoms with E-state index in [9.17, 15) is 26.4 Å². The molecule has 0 radical (unpaired) electrons. The van der Waals surface area contributed by atoms with E-state index in [2.05, 4.69) is 11.1 Å². The Kier molecular flexibility index (Phi) is 6.00. The lowest BCUT2D eigenvalue weighted by Crippen LogP contribution is -2.44. The first-order valence-electron chi connectivity index (χ1n) is 13.2. The summed E-state index contributed by atoms with van der Waals surface area (Å²) in [5, 5.41) is 2.06. The molecule has 8 heteroatoms. The van der Waals surface area contributed by atoms with Crippen molar-refractivity contribution in [3.8, 4) is 0 Å². The quantitative estimate of drug-likeness (QED) is 0.254. The van der Waals surface area contributed by atoms with Crippen LogP contribution in [-0.4, -0.2) is 20.6 Å². The van der Waals surface area contributed by atoms with Crippen LogP contribution in [0.1, 0.15) is 66.4 Å². The van der Waals surface area contributed by atoms with Crippen LogP contribution in [0.5, 0.6) is 0 Å². The van der Waals surface area contributed by atoms with E-state index >= 15 is 0 Å². The first kappa shape index (κ1) is 25.6. The third kappa shape index (κ3) is 4.16. The second-order valence-electron chi connectivity index (χ2n) is 11.3. The van der Waals surface area contributed by atoms with Crippen molar-refractivity contribution >= 4 is 26.7 Å². The summed E-state index contributed by atoms with van der Waals surface area (Å²) in [4.78, 5) is 13.5. The van der Waals surface area contributed by atoms with Crippen molar-refractivity contribution in [1.82, 2.24) is 0 Å². The smallest absolute Gasteiger partial charge is 0.294 e. The zero-order valence-corrected chi connectivity index (χ0v) is 21.8. The van der Waals surface area contributed by atoms with Gasteiger partial charge in [0, 0.05) is 11.5 Å².